The number of hydrogen-bond donors (Lipinski definition) is 0. The number of hydrogen-bond acceptors (Lipinski definition) is 7. The molecule has 0 aliphatic heterocycles. The number of ether oxygens (including phenoxy) is 2. The summed E-state index contributed by atoms with van der Waals surface area (Å²) in [5, 5.41) is 17.5. The highest BCUT2D eigenvalue weighted by Gasteiger charge is 2.23. The third-order valence-electron chi connectivity index (χ3n) is 5.53. The summed E-state index contributed by atoms with van der Waals surface area (Å²) in [5.41, 5.74) is 0.758. The fourth-order valence-corrected chi connectivity index (χ4v) is 4.50. The summed E-state index contributed by atoms with van der Waals surface area (Å²) in [6.07, 6.45) is 1.34. The third-order valence-corrected chi connectivity index (χ3v) is 6.61. The summed E-state index contributed by atoms with van der Waals surface area (Å²) in [6, 6.07) is 12.9. The molecule has 0 aliphatic rings. The fraction of sp³-hybridized carbons (Fsp3) is 0.192. The van der Waals surface area contributed by atoms with E-state index in [1.807, 2.05) is 19.9 Å². The minimum Gasteiger partial charge on any atom is -0.493 e. The molecule has 38 heavy (non-hydrogen) atoms. The maximum atomic E-state index is 13.3. The summed E-state index contributed by atoms with van der Waals surface area (Å²) in [6.45, 7) is 3.74. The van der Waals surface area contributed by atoms with Crippen LogP contribution in [0, 0.1) is 10.1 Å². The number of fused-ring (bicyclic) bond motifs is 1. The average Bonchev–Trinajstić information content (AvgIpc) is 2.87. The van der Waals surface area contributed by atoms with Gasteiger partial charge in [0.05, 0.1) is 29.2 Å². The summed E-state index contributed by atoms with van der Waals surface area (Å²) < 4.78 is 13.1. The second kappa shape index (κ2) is 11.5. The molecule has 1 heterocycles. The van der Waals surface area contributed by atoms with Crippen molar-refractivity contribution in [1.29, 1.82) is 0 Å². The molecule has 0 bridgehead atoms. The molecule has 0 saturated carbocycles. The summed E-state index contributed by atoms with van der Waals surface area (Å²) in [4.78, 5) is 29.2. The predicted molar refractivity (Wildman–Crippen MR) is 151 cm³/mol. The zero-order chi connectivity index (χ0) is 27.6. The first-order valence-electron chi connectivity index (χ1n) is 11.3. The van der Waals surface area contributed by atoms with E-state index in [1.165, 1.54) is 30.1 Å². The molecule has 1 aromatic heterocycles. The van der Waals surface area contributed by atoms with E-state index in [2.05, 4.69) is 26.0 Å². The van der Waals surface area contributed by atoms with Crippen molar-refractivity contribution in [3.8, 4) is 11.5 Å². The standard InChI is InChI=1S/C26H21BrCl2N4O5/c1-14(2)25-31-21-7-5-17(27)10-19(21)26(34)32(25)30-12-15-8-22(33(35)36)24(23(9-15)37-3)38-13-16-4-6-18(28)11-20(16)29/h4-12,14H,13H2,1-3H3. The number of halogens is 3. The molecule has 4 rings (SSSR count). The van der Waals surface area contributed by atoms with Crippen LogP contribution in [-0.4, -0.2) is 27.9 Å². The normalized spacial score (nSPS) is 11.4. The minimum atomic E-state index is -0.584. The number of nitro groups is 1. The van der Waals surface area contributed by atoms with E-state index >= 15 is 0 Å². The van der Waals surface area contributed by atoms with Crippen molar-refractivity contribution in [3.05, 3.63) is 100 Å². The Kier molecular flexibility index (Phi) is 8.35. The lowest BCUT2D eigenvalue weighted by Gasteiger charge is -2.13. The number of rotatable bonds is 8. The van der Waals surface area contributed by atoms with Gasteiger partial charge in [-0.15, -0.1) is 0 Å². The number of nitrogens with zero attached hydrogens (tertiary/aromatic N) is 4. The van der Waals surface area contributed by atoms with Gasteiger partial charge in [0.15, 0.2) is 5.75 Å². The van der Waals surface area contributed by atoms with E-state index in [4.69, 9.17) is 32.7 Å². The molecular weight excluding hydrogens is 599 g/mol. The molecule has 12 heteroatoms. The zero-order valence-corrected chi connectivity index (χ0v) is 23.5. The van der Waals surface area contributed by atoms with Crippen LogP contribution < -0.4 is 15.0 Å². The molecule has 0 atom stereocenters. The van der Waals surface area contributed by atoms with E-state index in [9.17, 15) is 14.9 Å². The Morgan fingerprint density at radius 1 is 1.18 bits per heavy atom. The van der Waals surface area contributed by atoms with Crippen LogP contribution in [0.1, 0.15) is 36.7 Å². The summed E-state index contributed by atoms with van der Waals surface area (Å²) in [7, 11) is 1.37. The summed E-state index contributed by atoms with van der Waals surface area (Å²) >= 11 is 15.5. The Morgan fingerprint density at radius 2 is 1.95 bits per heavy atom. The highest BCUT2D eigenvalue weighted by atomic mass is 79.9. The first-order chi connectivity index (χ1) is 18.1. The zero-order valence-electron chi connectivity index (χ0n) is 20.4. The van der Waals surface area contributed by atoms with Crippen molar-refractivity contribution < 1.29 is 14.4 Å². The smallest absolute Gasteiger partial charge is 0.315 e. The minimum absolute atomic E-state index is 0.0495. The van der Waals surface area contributed by atoms with Gasteiger partial charge in [0.1, 0.15) is 12.4 Å². The molecule has 4 aromatic rings. The van der Waals surface area contributed by atoms with Crippen LogP contribution in [0.25, 0.3) is 10.9 Å². The van der Waals surface area contributed by atoms with Gasteiger partial charge in [0, 0.05) is 37.6 Å². The van der Waals surface area contributed by atoms with Gasteiger partial charge in [-0.2, -0.15) is 9.78 Å². The second-order valence-electron chi connectivity index (χ2n) is 8.50. The van der Waals surface area contributed by atoms with Crippen molar-refractivity contribution in [3.63, 3.8) is 0 Å². The molecule has 0 fully saturated rings. The van der Waals surface area contributed by atoms with Crippen LogP contribution in [0.15, 0.2) is 62.9 Å². The van der Waals surface area contributed by atoms with Crippen LogP contribution in [0.5, 0.6) is 11.5 Å². The molecule has 0 N–H and O–H groups in total. The molecule has 0 aliphatic carbocycles. The molecule has 3 aromatic carbocycles. The maximum absolute atomic E-state index is 13.3. The van der Waals surface area contributed by atoms with Crippen LogP contribution >= 0.6 is 39.1 Å². The Hall–Kier alpha value is -3.47. The van der Waals surface area contributed by atoms with Gasteiger partial charge in [-0.1, -0.05) is 59.0 Å². The number of nitro benzene ring substituents is 1. The molecule has 196 valence electrons. The van der Waals surface area contributed by atoms with Crippen LogP contribution in [-0.2, 0) is 6.61 Å². The first kappa shape index (κ1) is 27.6. The van der Waals surface area contributed by atoms with Gasteiger partial charge < -0.3 is 9.47 Å². The van der Waals surface area contributed by atoms with E-state index in [1.54, 1.807) is 30.3 Å². The fourth-order valence-electron chi connectivity index (χ4n) is 3.68. The topological polar surface area (TPSA) is 109 Å². The van der Waals surface area contributed by atoms with Gasteiger partial charge in [-0.05, 0) is 36.4 Å². The maximum Gasteiger partial charge on any atom is 0.315 e. The molecule has 0 amide bonds. The lowest BCUT2D eigenvalue weighted by molar-refractivity contribution is -0.386. The Bertz CT molecular complexity index is 1640. The van der Waals surface area contributed by atoms with Crippen molar-refractivity contribution in [2.75, 3.05) is 7.11 Å². The molecule has 9 nitrogen and oxygen atoms in total. The van der Waals surface area contributed by atoms with E-state index < -0.39 is 4.92 Å². The molecule has 0 spiro atoms. The number of aromatic nitrogens is 2. The largest absolute Gasteiger partial charge is 0.493 e. The van der Waals surface area contributed by atoms with Crippen molar-refractivity contribution in [1.82, 2.24) is 9.66 Å². The molecule has 0 radical (unpaired) electrons. The van der Waals surface area contributed by atoms with Crippen molar-refractivity contribution in [2.45, 2.75) is 26.4 Å². The number of methoxy groups -OCH3 is 1. The van der Waals surface area contributed by atoms with E-state index in [-0.39, 0.29) is 35.3 Å². The Balaban J connectivity index is 1.75. The van der Waals surface area contributed by atoms with Gasteiger partial charge in [0.25, 0.3) is 5.56 Å². The molecular formula is C26H21BrCl2N4O5. The van der Waals surface area contributed by atoms with Gasteiger partial charge >= 0.3 is 5.69 Å². The van der Waals surface area contributed by atoms with Crippen LogP contribution in [0.4, 0.5) is 5.69 Å². The number of benzene rings is 3. The lowest BCUT2D eigenvalue weighted by Crippen LogP contribution is -2.23. The SMILES string of the molecule is COc1cc(C=Nn2c(C(C)C)nc3ccc(Br)cc3c2=O)cc([N+](=O)[O-])c1OCc1ccc(Cl)cc1Cl. The summed E-state index contributed by atoms with van der Waals surface area (Å²) in [5.74, 6) is 0.371. The third kappa shape index (κ3) is 5.82. The Morgan fingerprint density at radius 3 is 2.61 bits per heavy atom. The van der Waals surface area contributed by atoms with Gasteiger partial charge in [-0.3, -0.25) is 14.9 Å². The Labute approximate surface area is 235 Å². The highest BCUT2D eigenvalue weighted by molar-refractivity contribution is 9.10. The van der Waals surface area contributed by atoms with E-state index in [0.29, 0.717) is 37.9 Å². The van der Waals surface area contributed by atoms with Crippen molar-refractivity contribution in [2.24, 2.45) is 5.10 Å². The molecule has 0 saturated heterocycles. The van der Waals surface area contributed by atoms with Crippen LogP contribution in [0.2, 0.25) is 10.0 Å². The lowest BCUT2D eigenvalue weighted by atomic mass is 10.1. The monoisotopic (exact) mass is 618 g/mol. The quantitative estimate of drug-likeness (QED) is 0.120. The van der Waals surface area contributed by atoms with Gasteiger partial charge in [-0.25, -0.2) is 4.98 Å². The second-order valence-corrected chi connectivity index (χ2v) is 10.3. The highest BCUT2D eigenvalue weighted by Crippen LogP contribution is 2.39. The van der Waals surface area contributed by atoms with Crippen molar-refractivity contribution >= 4 is 61.9 Å². The first-order valence-corrected chi connectivity index (χ1v) is 12.8. The predicted octanol–water partition coefficient (Wildman–Crippen LogP) is 6.97. The van der Waals surface area contributed by atoms with Gasteiger partial charge in [0.2, 0.25) is 5.75 Å². The average molecular weight is 620 g/mol. The molecule has 0 unspecified atom stereocenters. The van der Waals surface area contributed by atoms with Crippen LogP contribution in [0.3, 0.4) is 0 Å². The van der Waals surface area contributed by atoms with E-state index in [0.717, 1.165) is 4.47 Å².